The molecule has 0 unspecified atom stereocenters. The first-order valence-electron chi connectivity index (χ1n) is 5.99. The highest BCUT2D eigenvalue weighted by Crippen LogP contribution is 2.23. The van der Waals surface area contributed by atoms with Crippen LogP contribution in [0.25, 0.3) is 22.4 Å². The quantitative estimate of drug-likeness (QED) is 0.707. The Hall–Kier alpha value is -2.34. The molecule has 6 heteroatoms. The summed E-state index contributed by atoms with van der Waals surface area (Å²) in [5.74, 6) is 0.686. The third-order valence-electron chi connectivity index (χ3n) is 3.07. The second kappa shape index (κ2) is 4.35. The van der Waals surface area contributed by atoms with Crippen molar-refractivity contribution < 1.29 is 8.42 Å². The fourth-order valence-corrected chi connectivity index (χ4v) is 2.64. The van der Waals surface area contributed by atoms with Crippen LogP contribution in [0, 0.1) is 0 Å². The number of imidazole rings is 1. The highest BCUT2D eigenvalue weighted by Gasteiger charge is 2.10. The zero-order chi connectivity index (χ0) is 14.3. The van der Waals surface area contributed by atoms with Gasteiger partial charge in [0.05, 0.1) is 15.9 Å². The molecule has 0 fully saturated rings. The number of aromatic amines is 1. The third-order valence-corrected chi connectivity index (χ3v) is 4.18. The maximum Gasteiger partial charge on any atom is 0.175 e. The number of fused-ring (bicyclic) bond motifs is 1. The number of nitrogens with two attached hydrogens (primary N) is 1. The van der Waals surface area contributed by atoms with Crippen LogP contribution >= 0.6 is 0 Å². The van der Waals surface area contributed by atoms with Crippen LogP contribution in [0.5, 0.6) is 0 Å². The van der Waals surface area contributed by atoms with Crippen molar-refractivity contribution in [2.24, 2.45) is 0 Å². The number of hydrogen-bond acceptors (Lipinski definition) is 4. The van der Waals surface area contributed by atoms with Crippen molar-refractivity contribution in [3.63, 3.8) is 0 Å². The maximum absolute atomic E-state index is 11.5. The van der Waals surface area contributed by atoms with Gasteiger partial charge in [-0.05, 0) is 42.5 Å². The Morgan fingerprint density at radius 2 is 1.80 bits per heavy atom. The van der Waals surface area contributed by atoms with E-state index in [0.29, 0.717) is 17.0 Å². The van der Waals surface area contributed by atoms with Gasteiger partial charge in [0.15, 0.2) is 9.84 Å². The van der Waals surface area contributed by atoms with Crippen LogP contribution in [0.3, 0.4) is 0 Å². The number of H-pyrrole nitrogens is 1. The standard InChI is InChI=1S/C14H13N3O2S/c1-20(18,19)11-6-7-12-13(8-11)17-14(16-12)9-2-4-10(15)5-3-9/h2-8H,15H2,1H3,(H,16,17). The molecule has 1 aromatic heterocycles. The van der Waals surface area contributed by atoms with Crippen molar-refractivity contribution >= 4 is 26.6 Å². The maximum atomic E-state index is 11.5. The van der Waals surface area contributed by atoms with Gasteiger partial charge < -0.3 is 10.7 Å². The van der Waals surface area contributed by atoms with Crippen LogP contribution in [0.4, 0.5) is 5.69 Å². The molecule has 0 amide bonds. The second-order valence-corrected chi connectivity index (χ2v) is 6.67. The first-order valence-corrected chi connectivity index (χ1v) is 7.88. The summed E-state index contributed by atoms with van der Waals surface area (Å²) in [6, 6.07) is 12.2. The van der Waals surface area contributed by atoms with Gasteiger partial charge in [0.2, 0.25) is 0 Å². The van der Waals surface area contributed by atoms with Gasteiger partial charge in [0.1, 0.15) is 5.82 Å². The van der Waals surface area contributed by atoms with E-state index < -0.39 is 9.84 Å². The smallest absolute Gasteiger partial charge is 0.175 e. The van der Waals surface area contributed by atoms with E-state index >= 15 is 0 Å². The predicted molar refractivity (Wildman–Crippen MR) is 79.1 cm³/mol. The average molecular weight is 287 g/mol. The monoisotopic (exact) mass is 287 g/mol. The molecule has 0 spiro atoms. The normalized spacial score (nSPS) is 11.8. The molecular weight excluding hydrogens is 274 g/mol. The third kappa shape index (κ3) is 2.25. The molecule has 0 radical (unpaired) electrons. The highest BCUT2D eigenvalue weighted by molar-refractivity contribution is 7.90. The number of sulfone groups is 1. The molecule has 2 aromatic carbocycles. The molecule has 0 aliphatic heterocycles. The molecule has 0 saturated carbocycles. The Bertz CT molecular complexity index is 880. The number of hydrogen-bond donors (Lipinski definition) is 2. The minimum atomic E-state index is -3.22. The van der Waals surface area contributed by atoms with Gasteiger partial charge in [-0.2, -0.15) is 0 Å². The lowest BCUT2D eigenvalue weighted by atomic mass is 10.2. The first kappa shape index (κ1) is 12.7. The van der Waals surface area contributed by atoms with Crippen molar-refractivity contribution in [3.8, 4) is 11.4 Å². The van der Waals surface area contributed by atoms with Crippen LogP contribution in [0.15, 0.2) is 47.4 Å². The molecule has 3 rings (SSSR count). The van der Waals surface area contributed by atoms with E-state index in [1.54, 1.807) is 30.3 Å². The molecular formula is C14H13N3O2S. The summed E-state index contributed by atoms with van der Waals surface area (Å²) in [5, 5.41) is 0. The topological polar surface area (TPSA) is 88.8 Å². The van der Waals surface area contributed by atoms with E-state index in [4.69, 9.17) is 5.73 Å². The molecule has 3 aromatic rings. The number of nitrogens with one attached hydrogen (secondary N) is 1. The van der Waals surface area contributed by atoms with Gasteiger partial charge in [-0.15, -0.1) is 0 Å². The number of nitrogen functional groups attached to an aromatic ring is 1. The van der Waals surface area contributed by atoms with E-state index in [-0.39, 0.29) is 4.90 Å². The van der Waals surface area contributed by atoms with E-state index in [1.165, 1.54) is 6.26 Å². The SMILES string of the molecule is CS(=O)(=O)c1ccc2nc(-c3ccc(N)cc3)[nH]c2c1. The van der Waals surface area contributed by atoms with Gasteiger partial charge in [-0.3, -0.25) is 0 Å². The molecule has 3 N–H and O–H groups in total. The molecule has 0 atom stereocenters. The van der Waals surface area contributed by atoms with E-state index in [1.807, 2.05) is 12.1 Å². The van der Waals surface area contributed by atoms with Crippen molar-refractivity contribution in [3.05, 3.63) is 42.5 Å². The number of nitrogens with zero attached hydrogens (tertiary/aromatic N) is 1. The first-order chi connectivity index (χ1) is 9.43. The van der Waals surface area contributed by atoms with Crippen molar-refractivity contribution in [2.75, 3.05) is 12.0 Å². The van der Waals surface area contributed by atoms with E-state index in [0.717, 1.165) is 11.1 Å². The summed E-state index contributed by atoms with van der Waals surface area (Å²) in [5.41, 5.74) is 8.65. The molecule has 102 valence electrons. The van der Waals surface area contributed by atoms with Crippen LogP contribution < -0.4 is 5.73 Å². The van der Waals surface area contributed by atoms with Crippen LogP contribution in [0.2, 0.25) is 0 Å². The zero-order valence-corrected chi connectivity index (χ0v) is 11.6. The zero-order valence-electron chi connectivity index (χ0n) is 10.8. The van der Waals surface area contributed by atoms with Crippen LogP contribution in [-0.2, 0) is 9.84 Å². The Labute approximate surface area is 116 Å². The van der Waals surface area contributed by atoms with E-state index in [9.17, 15) is 8.42 Å². The summed E-state index contributed by atoms with van der Waals surface area (Å²) in [6.07, 6.45) is 1.19. The fourth-order valence-electron chi connectivity index (χ4n) is 2.00. The summed E-state index contributed by atoms with van der Waals surface area (Å²) in [4.78, 5) is 7.85. The summed E-state index contributed by atoms with van der Waals surface area (Å²) >= 11 is 0. The van der Waals surface area contributed by atoms with Crippen molar-refractivity contribution in [1.29, 1.82) is 0 Å². The van der Waals surface area contributed by atoms with Crippen molar-refractivity contribution in [2.45, 2.75) is 4.90 Å². The highest BCUT2D eigenvalue weighted by atomic mass is 32.2. The summed E-state index contributed by atoms with van der Waals surface area (Å²) in [7, 11) is -3.22. The van der Waals surface area contributed by atoms with Gasteiger partial charge in [-0.25, -0.2) is 13.4 Å². The molecule has 0 bridgehead atoms. The molecule has 0 aliphatic rings. The lowest BCUT2D eigenvalue weighted by molar-refractivity contribution is 0.602. The minimum absolute atomic E-state index is 0.275. The Morgan fingerprint density at radius 1 is 1.10 bits per heavy atom. The van der Waals surface area contributed by atoms with Gasteiger partial charge in [0.25, 0.3) is 0 Å². The summed E-state index contributed by atoms with van der Waals surface area (Å²) < 4.78 is 23.1. The van der Waals surface area contributed by atoms with Gasteiger partial charge in [0, 0.05) is 17.5 Å². The van der Waals surface area contributed by atoms with Gasteiger partial charge in [-0.1, -0.05) is 0 Å². The largest absolute Gasteiger partial charge is 0.399 e. The summed E-state index contributed by atoms with van der Waals surface area (Å²) in [6.45, 7) is 0. The number of aromatic nitrogens is 2. The van der Waals surface area contributed by atoms with Gasteiger partial charge >= 0.3 is 0 Å². The number of benzene rings is 2. The minimum Gasteiger partial charge on any atom is -0.399 e. The lowest BCUT2D eigenvalue weighted by Crippen LogP contribution is -1.96. The molecule has 0 saturated heterocycles. The predicted octanol–water partition coefficient (Wildman–Crippen LogP) is 2.22. The Balaban J connectivity index is 2.13. The molecule has 5 nitrogen and oxygen atoms in total. The molecule has 1 heterocycles. The Morgan fingerprint density at radius 3 is 2.45 bits per heavy atom. The number of anilines is 1. The van der Waals surface area contributed by atoms with Crippen LogP contribution in [0.1, 0.15) is 0 Å². The molecule has 0 aliphatic carbocycles. The Kier molecular flexibility index (Phi) is 2.76. The second-order valence-electron chi connectivity index (χ2n) is 4.66. The van der Waals surface area contributed by atoms with Crippen LogP contribution in [-0.4, -0.2) is 24.6 Å². The average Bonchev–Trinajstić information content (AvgIpc) is 2.81. The number of rotatable bonds is 2. The van der Waals surface area contributed by atoms with Crippen molar-refractivity contribution in [1.82, 2.24) is 9.97 Å². The van der Waals surface area contributed by atoms with E-state index in [2.05, 4.69) is 9.97 Å². The molecule has 20 heavy (non-hydrogen) atoms. The lowest BCUT2D eigenvalue weighted by Gasteiger charge is -1.97. The fraction of sp³-hybridized carbons (Fsp3) is 0.0714.